The molecule has 0 atom stereocenters. The fourth-order valence-electron chi connectivity index (χ4n) is 1.93. The lowest BCUT2D eigenvalue weighted by atomic mass is 10.1. The maximum atomic E-state index is 13.2. The van der Waals surface area contributed by atoms with Crippen LogP contribution in [0.2, 0.25) is 0 Å². The lowest BCUT2D eigenvalue weighted by Gasteiger charge is -2.08. The predicted octanol–water partition coefficient (Wildman–Crippen LogP) is 2.46. The minimum absolute atomic E-state index is 0.135. The Balaban J connectivity index is 3.09. The summed E-state index contributed by atoms with van der Waals surface area (Å²) in [6.45, 7) is 1.48. The zero-order chi connectivity index (χ0) is 14.4. The van der Waals surface area contributed by atoms with Gasteiger partial charge in [-0.05, 0) is 24.6 Å². The van der Waals surface area contributed by atoms with Crippen LogP contribution in [0, 0.1) is 6.92 Å². The van der Waals surface area contributed by atoms with Crippen LogP contribution in [-0.4, -0.2) is 16.8 Å². The normalized spacial score (nSPS) is 12.8. The molecular weight excluding hydrogens is 298 g/mol. The Bertz CT molecular complexity index is 871. The van der Waals surface area contributed by atoms with Crippen molar-refractivity contribution in [2.75, 3.05) is 0 Å². The summed E-state index contributed by atoms with van der Waals surface area (Å²) < 4.78 is 70.4. The Labute approximate surface area is 109 Å². The Morgan fingerprint density at radius 3 is 1.95 bits per heavy atom. The second kappa shape index (κ2) is 4.24. The van der Waals surface area contributed by atoms with E-state index in [1.165, 1.54) is 19.1 Å². The van der Waals surface area contributed by atoms with Crippen molar-refractivity contribution in [2.45, 2.75) is 16.7 Å². The molecule has 4 nitrogen and oxygen atoms in total. The van der Waals surface area contributed by atoms with Crippen molar-refractivity contribution in [2.24, 2.45) is 0 Å². The Morgan fingerprint density at radius 1 is 0.842 bits per heavy atom. The molecule has 0 aliphatic carbocycles. The maximum Gasteiger partial charge on any atom is 0.332 e. The fraction of sp³-hybridized carbons (Fsp3) is 0.0909. The van der Waals surface area contributed by atoms with E-state index in [1.807, 2.05) is 0 Å². The van der Waals surface area contributed by atoms with Crippen LogP contribution in [0.3, 0.4) is 0 Å². The minimum Gasteiger partial charge on any atom is -0.189 e. The largest absolute Gasteiger partial charge is 0.332 e. The first-order chi connectivity index (χ1) is 8.62. The molecule has 0 spiro atoms. The zero-order valence-electron chi connectivity index (χ0n) is 9.59. The number of rotatable bonds is 2. The smallest absolute Gasteiger partial charge is 0.189 e. The molecule has 0 aliphatic rings. The molecule has 0 unspecified atom stereocenters. The van der Waals surface area contributed by atoms with Crippen LogP contribution < -0.4 is 0 Å². The summed E-state index contributed by atoms with van der Waals surface area (Å²) >= 11 is 0. The van der Waals surface area contributed by atoms with E-state index >= 15 is 0 Å². The van der Waals surface area contributed by atoms with Gasteiger partial charge in [0, 0.05) is 10.8 Å². The molecule has 0 fully saturated rings. The third-order valence-corrected chi connectivity index (χ3v) is 4.44. The molecule has 0 aromatic heterocycles. The van der Waals surface area contributed by atoms with Gasteiger partial charge in [-0.15, -0.1) is 7.77 Å². The van der Waals surface area contributed by atoms with Gasteiger partial charge in [-0.1, -0.05) is 18.2 Å². The Hall–Kier alpha value is -1.54. The standard InChI is InChI=1S/C11H8F2O4S2/c1-7-5-6-9(18(12,14)15)8-3-2-4-10(11(7)8)19(13,16)17/h2-6H,1H3. The first kappa shape index (κ1) is 13.9. The lowest BCUT2D eigenvalue weighted by molar-refractivity contribution is 0.550. The lowest BCUT2D eigenvalue weighted by Crippen LogP contribution is -1.99. The van der Waals surface area contributed by atoms with Gasteiger partial charge >= 0.3 is 20.4 Å². The van der Waals surface area contributed by atoms with Crippen molar-refractivity contribution in [3.63, 3.8) is 0 Å². The van der Waals surface area contributed by atoms with Crippen molar-refractivity contribution in [1.82, 2.24) is 0 Å². The Kier molecular flexibility index (Phi) is 3.10. The molecular formula is C11H8F2O4S2. The third-order valence-electron chi connectivity index (χ3n) is 2.70. The quantitative estimate of drug-likeness (QED) is 0.799. The molecule has 0 heterocycles. The minimum atomic E-state index is -5.03. The van der Waals surface area contributed by atoms with Crippen LogP contribution >= 0.6 is 0 Å². The van der Waals surface area contributed by atoms with Crippen molar-refractivity contribution < 1.29 is 24.6 Å². The van der Waals surface area contributed by atoms with Gasteiger partial charge in [0.2, 0.25) is 0 Å². The SMILES string of the molecule is Cc1ccc(S(=O)(=O)F)c2cccc(S(=O)(=O)F)c12. The van der Waals surface area contributed by atoms with Crippen LogP contribution in [-0.2, 0) is 20.4 Å². The summed E-state index contributed by atoms with van der Waals surface area (Å²) in [7, 11) is -10.1. The summed E-state index contributed by atoms with van der Waals surface area (Å²) in [5.41, 5.74) is 0.333. The molecule has 8 heteroatoms. The second-order valence-electron chi connectivity index (χ2n) is 3.94. The molecule has 0 bridgehead atoms. The van der Waals surface area contributed by atoms with E-state index in [2.05, 4.69) is 0 Å². The van der Waals surface area contributed by atoms with E-state index in [0.29, 0.717) is 5.56 Å². The van der Waals surface area contributed by atoms with Crippen LogP contribution in [0.5, 0.6) is 0 Å². The highest BCUT2D eigenvalue weighted by molar-refractivity contribution is 7.87. The van der Waals surface area contributed by atoms with Crippen LogP contribution in [0.1, 0.15) is 5.56 Å². The average molecular weight is 306 g/mol. The molecule has 0 aliphatic heterocycles. The van der Waals surface area contributed by atoms with Gasteiger partial charge < -0.3 is 0 Å². The second-order valence-corrected chi connectivity index (χ2v) is 6.57. The van der Waals surface area contributed by atoms with Gasteiger partial charge in [-0.25, -0.2) is 0 Å². The van der Waals surface area contributed by atoms with Gasteiger partial charge in [0.1, 0.15) is 9.79 Å². The molecule has 2 aromatic rings. The molecule has 19 heavy (non-hydrogen) atoms. The zero-order valence-corrected chi connectivity index (χ0v) is 11.2. The first-order valence-electron chi connectivity index (χ1n) is 5.04. The van der Waals surface area contributed by atoms with Gasteiger partial charge in [0.05, 0.1) is 0 Å². The average Bonchev–Trinajstić information content (AvgIpc) is 2.25. The number of halogens is 2. The van der Waals surface area contributed by atoms with E-state index in [9.17, 15) is 24.6 Å². The number of aryl methyl sites for hydroxylation is 1. The van der Waals surface area contributed by atoms with Crippen LogP contribution in [0.25, 0.3) is 10.8 Å². The van der Waals surface area contributed by atoms with Crippen molar-refractivity contribution in [3.05, 3.63) is 35.9 Å². The highest BCUT2D eigenvalue weighted by Gasteiger charge is 2.22. The molecule has 0 radical (unpaired) electrons. The van der Waals surface area contributed by atoms with Gasteiger partial charge in [-0.3, -0.25) is 0 Å². The van der Waals surface area contributed by atoms with Crippen molar-refractivity contribution in [3.8, 4) is 0 Å². The number of benzene rings is 2. The van der Waals surface area contributed by atoms with Crippen LogP contribution in [0.15, 0.2) is 40.1 Å². The summed E-state index contributed by atoms with van der Waals surface area (Å²) in [6.07, 6.45) is 0. The number of fused-ring (bicyclic) bond motifs is 1. The first-order valence-corrected chi connectivity index (χ1v) is 7.81. The van der Waals surface area contributed by atoms with E-state index < -0.39 is 30.2 Å². The van der Waals surface area contributed by atoms with Gasteiger partial charge in [0.25, 0.3) is 0 Å². The van der Waals surface area contributed by atoms with E-state index in [0.717, 1.165) is 18.2 Å². The molecule has 0 N–H and O–H groups in total. The van der Waals surface area contributed by atoms with Gasteiger partial charge in [0.15, 0.2) is 0 Å². The van der Waals surface area contributed by atoms with E-state index in [1.54, 1.807) is 0 Å². The molecule has 2 aromatic carbocycles. The number of hydrogen-bond acceptors (Lipinski definition) is 4. The topological polar surface area (TPSA) is 68.3 Å². The summed E-state index contributed by atoms with van der Waals surface area (Å²) in [5, 5.41) is -0.301. The maximum absolute atomic E-state index is 13.2. The number of hydrogen-bond donors (Lipinski definition) is 0. The fourth-order valence-corrected chi connectivity index (χ4v) is 3.35. The highest BCUT2D eigenvalue weighted by Crippen LogP contribution is 2.32. The molecule has 0 amide bonds. The molecule has 102 valence electrons. The van der Waals surface area contributed by atoms with Gasteiger partial charge in [-0.2, -0.15) is 16.8 Å². The third kappa shape index (κ3) is 2.45. The van der Waals surface area contributed by atoms with E-state index in [4.69, 9.17) is 0 Å². The molecule has 0 saturated heterocycles. The van der Waals surface area contributed by atoms with E-state index in [-0.39, 0.29) is 10.8 Å². The summed E-state index contributed by atoms with van der Waals surface area (Å²) in [5.74, 6) is 0. The van der Waals surface area contributed by atoms with Crippen LogP contribution in [0.4, 0.5) is 7.77 Å². The molecule has 2 rings (SSSR count). The predicted molar refractivity (Wildman–Crippen MR) is 65.3 cm³/mol. The van der Waals surface area contributed by atoms with Crippen molar-refractivity contribution >= 4 is 31.2 Å². The molecule has 0 saturated carbocycles. The highest BCUT2D eigenvalue weighted by atomic mass is 32.3. The Morgan fingerprint density at radius 2 is 1.42 bits per heavy atom. The monoisotopic (exact) mass is 306 g/mol. The summed E-state index contributed by atoms with van der Waals surface area (Å²) in [6, 6.07) is 5.62. The van der Waals surface area contributed by atoms with Crippen molar-refractivity contribution in [1.29, 1.82) is 0 Å². The summed E-state index contributed by atoms with van der Waals surface area (Å²) in [4.78, 5) is -1.35.